The molecule has 1 aliphatic heterocycles. The number of guanidine groups is 1. The Morgan fingerprint density at radius 1 is 1.29 bits per heavy atom. The Morgan fingerprint density at radius 2 is 2.14 bits per heavy atom. The third kappa shape index (κ3) is 6.41. The summed E-state index contributed by atoms with van der Waals surface area (Å²) in [6.07, 6.45) is 4.42. The molecule has 1 aromatic rings. The minimum Gasteiger partial charge on any atom is -0.482 e. The number of ether oxygens (including phenoxy) is 2. The lowest BCUT2D eigenvalue weighted by Gasteiger charge is -2.29. The normalized spacial score (nSPS) is 16.5. The van der Waals surface area contributed by atoms with E-state index in [1.54, 1.807) is 4.90 Å². The fourth-order valence-corrected chi connectivity index (χ4v) is 3.08. The molecule has 28 heavy (non-hydrogen) atoms. The van der Waals surface area contributed by atoms with Crippen molar-refractivity contribution in [1.82, 2.24) is 10.6 Å². The Balaban J connectivity index is 1.37. The molecule has 1 aliphatic carbocycles. The Hall–Kier alpha value is -2.28. The number of hydrogen-bond acceptors (Lipinski definition) is 4. The van der Waals surface area contributed by atoms with Crippen molar-refractivity contribution in [1.29, 1.82) is 0 Å². The van der Waals surface area contributed by atoms with Crippen LogP contribution in [-0.4, -0.2) is 57.9 Å². The summed E-state index contributed by atoms with van der Waals surface area (Å²) in [5.74, 6) is 2.40. The second-order valence-corrected chi connectivity index (χ2v) is 7.21. The van der Waals surface area contributed by atoms with Crippen LogP contribution in [0.2, 0.25) is 0 Å². The molecule has 0 aromatic heterocycles. The first kappa shape index (κ1) is 20.5. The minimum atomic E-state index is -0.00101. The van der Waals surface area contributed by atoms with E-state index in [-0.39, 0.29) is 12.5 Å². The number of amides is 1. The molecule has 1 saturated carbocycles. The van der Waals surface area contributed by atoms with Crippen LogP contribution in [0.25, 0.3) is 0 Å². The van der Waals surface area contributed by atoms with Crippen LogP contribution in [0.1, 0.15) is 32.6 Å². The highest BCUT2D eigenvalue weighted by atomic mass is 16.5. The predicted octanol–water partition coefficient (Wildman–Crippen LogP) is 2.17. The van der Waals surface area contributed by atoms with Crippen LogP contribution in [0.15, 0.2) is 29.3 Å². The first-order valence-electron chi connectivity index (χ1n) is 10.4. The molecule has 1 heterocycles. The number of anilines is 1. The van der Waals surface area contributed by atoms with Gasteiger partial charge < -0.3 is 25.0 Å². The molecule has 3 rings (SSSR count). The molecular formula is C21H32N4O3. The van der Waals surface area contributed by atoms with Crippen molar-refractivity contribution < 1.29 is 14.3 Å². The van der Waals surface area contributed by atoms with Crippen molar-refractivity contribution in [3.63, 3.8) is 0 Å². The van der Waals surface area contributed by atoms with Gasteiger partial charge in [-0.3, -0.25) is 9.79 Å². The van der Waals surface area contributed by atoms with Gasteiger partial charge >= 0.3 is 0 Å². The van der Waals surface area contributed by atoms with Crippen molar-refractivity contribution in [3.8, 4) is 5.75 Å². The van der Waals surface area contributed by atoms with Crippen LogP contribution in [0.4, 0.5) is 5.69 Å². The van der Waals surface area contributed by atoms with E-state index in [2.05, 4.69) is 22.5 Å². The molecule has 0 spiro atoms. The predicted molar refractivity (Wildman–Crippen MR) is 111 cm³/mol. The number of para-hydroxylation sites is 2. The molecule has 0 unspecified atom stereocenters. The van der Waals surface area contributed by atoms with Gasteiger partial charge in [-0.05, 0) is 50.7 Å². The average molecular weight is 389 g/mol. The summed E-state index contributed by atoms with van der Waals surface area (Å²) in [7, 11) is 0. The number of fused-ring (bicyclic) bond motifs is 1. The Morgan fingerprint density at radius 3 is 2.96 bits per heavy atom. The Bertz CT molecular complexity index is 661. The fraction of sp³-hybridized carbons (Fsp3) is 0.619. The van der Waals surface area contributed by atoms with Gasteiger partial charge in [0.1, 0.15) is 5.75 Å². The second-order valence-electron chi connectivity index (χ2n) is 7.21. The topological polar surface area (TPSA) is 75.2 Å². The number of nitrogens with zero attached hydrogens (tertiary/aromatic N) is 2. The maximum absolute atomic E-state index is 12.2. The molecule has 0 radical (unpaired) electrons. The largest absolute Gasteiger partial charge is 0.482 e. The van der Waals surface area contributed by atoms with Crippen molar-refractivity contribution in [2.45, 2.75) is 32.6 Å². The molecular weight excluding hydrogens is 356 g/mol. The smallest absolute Gasteiger partial charge is 0.265 e. The van der Waals surface area contributed by atoms with Gasteiger partial charge in [-0.25, -0.2) is 0 Å². The monoisotopic (exact) mass is 388 g/mol. The third-order valence-corrected chi connectivity index (χ3v) is 4.77. The van der Waals surface area contributed by atoms with Crippen LogP contribution in [0.3, 0.4) is 0 Å². The van der Waals surface area contributed by atoms with Crippen molar-refractivity contribution in [3.05, 3.63) is 24.3 Å². The number of nitrogens with one attached hydrogen (secondary N) is 2. The third-order valence-electron chi connectivity index (χ3n) is 4.77. The average Bonchev–Trinajstić information content (AvgIpc) is 3.53. The van der Waals surface area contributed by atoms with Gasteiger partial charge in [0.25, 0.3) is 5.91 Å². The lowest BCUT2D eigenvalue weighted by molar-refractivity contribution is -0.121. The summed E-state index contributed by atoms with van der Waals surface area (Å²) < 4.78 is 11.1. The first-order valence-corrected chi connectivity index (χ1v) is 10.4. The number of carbonyl (C=O) groups excluding carboxylic acids is 1. The van der Waals surface area contributed by atoms with E-state index in [0.29, 0.717) is 13.1 Å². The SMILES string of the molecule is CCNC(=NCCCN1C(=O)COc2ccccc21)NCCCOCC1CC1. The van der Waals surface area contributed by atoms with E-state index >= 15 is 0 Å². The molecule has 154 valence electrons. The van der Waals surface area contributed by atoms with E-state index in [1.165, 1.54) is 12.8 Å². The molecule has 7 heteroatoms. The van der Waals surface area contributed by atoms with E-state index in [1.807, 2.05) is 24.3 Å². The number of rotatable bonds is 11. The van der Waals surface area contributed by atoms with E-state index < -0.39 is 0 Å². The molecule has 2 aliphatic rings. The molecule has 0 bridgehead atoms. The van der Waals surface area contributed by atoms with Crippen molar-refractivity contribution in [2.75, 3.05) is 50.9 Å². The van der Waals surface area contributed by atoms with Gasteiger partial charge in [-0.1, -0.05) is 12.1 Å². The van der Waals surface area contributed by atoms with Gasteiger partial charge in [-0.15, -0.1) is 0 Å². The quantitative estimate of drug-likeness (QED) is 0.345. The van der Waals surface area contributed by atoms with Gasteiger partial charge in [0.15, 0.2) is 12.6 Å². The van der Waals surface area contributed by atoms with Gasteiger partial charge in [0, 0.05) is 39.4 Å². The lowest BCUT2D eigenvalue weighted by Crippen LogP contribution is -2.40. The minimum absolute atomic E-state index is 0.00101. The molecule has 2 N–H and O–H groups in total. The van der Waals surface area contributed by atoms with Crippen LogP contribution in [0.5, 0.6) is 5.75 Å². The van der Waals surface area contributed by atoms with E-state index in [0.717, 1.165) is 62.5 Å². The maximum atomic E-state index is 12.2. The summed E-state index contributed by atoms with van der Waals surface area (Å²) in [4.78, 5) is 18.6. The molecule has 1 fully saturated rings. The maximum Gasteiger partial charge on any atom is 0.265 e. The number of carbonyl (C=O) groups is 1. The zero-order valence-corrected chi connectivity index (χ0v) is 16.8. The zero-order valence-electron chi connectivity index (χ0n) is 16.8. The molecule has 1 amide bonds. The van der Waals surface area contributed by atoms with Crippen molar-refractivity contribution in [2.24, 2.45) is 10.9 Å². The fourth-order valence-electron chi connectivity index (χ4n) is 3.08. The number of aliphatic imine (C=N–C) groups is 1. The Kier molecular flexibility index (Phi) is 7.96. The Labute approximate surface area is 167 Å². The van der Waals surface area contributed by atoms with Crippen LogP contribution >= 0.6 is 0 Å². The first-order chi connectivity index (χ1) is 13.8. The number of hydrogen-bond donors (Lipinski definition) is 2. The summed E-state index contributed by atoms with van der Waals surface area (Å²) in [5.41, 5.74) is 0.846. The lowest BCUT2D eigenvalue weighted by atomic mass is 10.2. The van der Waals surface area contributed by atoms with Crippen LogP contribution < -0.4 is 20.3 Å². The molecule has 7 nitrogen and oxygen atoms in total. The molecule has 1 aromatic carbocycles. The van der Waals surface area contributed by atoms with E-state index in [9.17, 15) is 4.79 Å². The summed E-state index contributed by atoms with van der Waals surface area (Å²) in [6.45, 7) is 6.81. The highest BCUT2D eigenvalue weighted by molar-refractivity contribution is 5.97. The van der Waals surface area contributed by atoms with Gasteiger partial charge in [0.2, 0.25) is 0 Å². The van der Waals surface area contributed by atoms with E-state index in [4.69, 9.17) is 9.47 Å². The summed E-state index contributed by atoms with van der Waals surface area (Å²) in [5, 5.41) is 6.61. The summed E-state index contributed by atoms with van der Waals surface area (Å²) >= 11 is 0. The summed E-state index contributed by atoms with van der Waals surface area (Å²) in [6, 6.07) is 7.66. The number of benzene rings is 1. The zero-order chi connectivity index (χ0) is 19.6. The van der Waals surface area contributed by atoms with Crippen LogP contribution in [0, 0.1) is 5.92 Å². The van der Waals surface area contributed by atoms with Crippen molar-refractivity contribution >= 4 is 17.6 Å². The van der Waals surface area contributed by atoms with Gasteiger partial charge in [0.05, 0.1) is 5.69 Å². The highest BCUT2D eigenvalue weighted by Gasteiger charge is 2.24. The standard InChI is InChI=1S/C21H32N4O3/c1-2-22-21(24-12-6-14-27-15-17-9-10-17)23-11-5-13-25-18-7-3-4-8-19(18)28-16-20(25)26/h3-4,7-8,17H,2,5-6,9-16H2,1H3,(H2,22,23,24). The highest BCUT2D eigenvalue weighted by Crippen LogP contribution is 2.31. The second kappa shape index (κ2) is 10.9. The molecule has 0 atom stereocenters. The van der Waals surface area contributed by atoms with Crippen LogP contribution in [-0.2, 0) is 9.53 Å². The molecule has 0 saturated heterocycles. The van der Waals surface area contributed by atoms with Gasteiger partial charge in [-0.2, -0.15) is 0 Å².